The summed E-state index contributed by atoms with van der Waals surface area (Å²) in [5.41, 5.74) is 0.866. The van der Waals surface area contributed by atoms with Gasteiger partial charge in [-0.25, -0.2) is 0 Å². The fourth-order valence-corrected chi connectivity index (χ4v) is 1.58. The Balaban J connectivity index is 3.17. The van der Waals surface area contributed by atoms with E-state index in [1.807, 2.05) is 6.07 Å². The third-order valence-corrected chi connectivity index (χ3v) is 2.63. The number of nitrogens with zero attached hydrogens (tertiary/aromatic N) is 1. The lowest BCUT2D eigenvalue weighted by Crippen LogP contribution is -2.08. The Morgan fingerprint density at radius 3 is 2.37 bits per heavy atom. The van der Waals surface area contributed by atoms with Crippen LogP contribution >= 0.6 is 0 Å². The average Bonchev–Trinajstić information content (AvgIpc) is 2.43. The molecule has 0 aliphatic heterocycles. The van der Waals surface area contributed by atoms with Crippen LogP contribution in [0.3, 0.4) is 0 Å². The number of Topliss-reactive ketones (excluding diaryl/α,β-unsaturated/α-hetero) is 1. The Morgan fingerprint density at radius 2 is 1.89 bits per heavy atom. The van der Waals surface area contributed by atoms with Gasteiger partial charge in [0.15, 0.2) is 17.3 Å². The highest BCUT2D eigenvalue weighted by atomic mass is 16.5. The lowest BCUT2D eigenvalue weighted by Gasteiger charge is -2.08. The molecule has 19 heavy (non-hydrogen) atoms. The number of ketones is 1. The molecule has 0 aromatic heterocycles. The average molecular weight is 259 g/mol. The van der Waals surface area contributed by atoms with Crippen molar-refractivity contribution in [2.75, 3.05) is 14.2 Å². The normalized spacial score (nSPS) is 11.1. The molecule has 1 rings (SSSR count). The number of hydrogen-bond acceptors (Lipinski definition) is 4. The second-order valence-corrected chi connectivity index (χ2v) is 4.30. The number of hydrogen-bond donors (Lipinski definition) is 0. The van der Waals surface area contributed by atoms with Crippen LogP contribution in [0.5, 0.6) is 11.5 Å². The molecule has 0 amide bonds. The molecule has 0 heterocycles. The molecule has 0 fully saturated rings. The van der Waals surface area contributed by atoms with E-state index in [2.05, 4.69) is 0 Å². The first-order chi connectivity index (χ1) is 9.03. The van der Waals surface area contributed by atoms with Gasteiger partial charge < -0.3 is 9.47 Å². The summed E-state index contributed by atoms with van der Waals surface area (Å²) in [6.45, 7) is 3.53. The number of benzene rings is 1. The van der Waals surface area contributed by atoms with E-state index in [1.165, 1.54) is 7.11 Å². The third-order valence-electron chi connectivity index (χ3n) is 2.63. The summed E-state index contributed by atoms with van der Waals surface area (Å²) < 4.78 is 10.3. The van der Waals surface area contributed by atoms with Crippen molar-refractivity contribution in [2.45, 2.75) is 13.8 Å². The van der Waals surface area contributed by atoms with Gasteiger partial charge in [0.2, 0.25) is 0 Å². The SMILES string of the molecule is COc1ccc(/C=C(/C#N)C(=O)C(C)C)cc1OC. The molecule has 0 saturated carbocycles. The Bertz CT molecular complexity index is 539. The van der Waals surface area contributed by atoms with E-state index in [9.17, 15) is 4.79 Å². The highest BCUT2D eigenvalue weighted by Gasteiger charge is 2.13. The van der Waals surface area contributed by atoms with Crippen molar-refractivity contribution in [1.82, 2.24) is 0 Å². The summed E-state index contributed by atoms with van der Waals surface area (Å²) >= 11 is 0. The van der Waals surface area contributed by atoms with Crippen molar-refractivity contribution < 1.29 is 14.3 Å². The minimum Gasteiger partial charge on any atom is -0.493 e. The molecule has 1 aromatic rings. The Hall–Kier alpha value is -2.28. The predicted molar refractivity (Wildman–Crippen MR) is 73.0 cm³/mol. The quantitative estimate of drug-likeness (QED) is 0.602. The number of methoxy groups -OCH3 is 2. The highest BCUT2D eigenvalue weighted by Crippen LogP contribution is 2.28. The van der Waals surface area contributed by atoms with Gasteiger partial charge in [-0.15, -0.1) is 0 Å². The fraction of sp³-hybridized carbons (Fsp3) is 0.333. The van der Waals surface area contributed by atoms with Crippen LogP contribution in [0, 0.1) is 17.2 Å². The maximum atomic E-state index is 11.8. The molecule has 0 unspecified atom stereocenters. The van der Waals surface area contributed by atoms with Gasteiger partial charge in [0.1, 0.15) is 6.07 Å². The lowest BCUT2D eigenvalue weighted by atomic mass is 10.00. The van der Waals surface area contributed by atoms with Crippen LogP contribution in [0.25, 0.3) is 6.08 Å². The molecular formula is C15H17NO3. The van der Waals surface area contributed by atoms with Crippen molar-refractivity contribution >= 4 is 11.9 Å². The number of allylic oxidation sites excluding steroid dienone is 1. The summed E-state index contributed by atoms with van der Waals surface area (Å²) in [6, 6.07) is 7.17. The zero-order valence-electron chi connectivity index (χ0n) is 11.6. The van der Waals surface area contributed by atoms with Crippen molar-refractivity contribution in [2.24, 2.45) is 5.92 Å². The number of carbonyl (C=O) groups excluding carboxylic acids is 1. The van der Waals surface area contributed by atoms with Crippen LogP contribution in [0.4, 0.5) is 0 Å². The minimum absolute atomic E-state index is 0.141. The highest BCUT2D eigenvalue weighted by molar-refractivity contribution is 6.04. The molecular weight excluding hydrogens is 242 g/mol. The number of ether oxygens (including phenoxy) is 2. The largest absolute Gasteiger partial charge is 0.493 e. The van der Waals surface area contributed by atoms with Crippen LogP contribution in [0.1, 0.15) is 19.4 Å². The smallest absolute Gasteiger partial charge is 0.175 e. The van der Waals surface area contributed by atoms with Gasteiger partial charge in [-0.3, -0.25) is 4.79 Å². The molecule has 1 aromatic carbocycles. The first-order valence-electron chi connectivity index (χ1n) is 5.91. The molecule has 4 nitrogen and oxygen atoms in total. The second kappa shape index (κ2) is 6.60. The molecule has 0 aliphatic rings. The summed E-state index contributed by atoms with van der Waals surface area (Å²) in [6.07, 6.45) is 1.56. The van der Waals surface area contributed by atoms with Gasteiger partial charge in [-0.1, -0.05) is 19.9 Å². The first-order valence-corrected chi connectivity index (χ1v) is 5.91. The van der Waals surface area contributed by atoms with Crippen LogP contribution in [-0.2, 0) is 4.79 Å². The maximum absolute atomic E-state index is 11.8. The monoisotopic (exact) mass is 259 g/mol. The number of carbonyl (C=O) groups is 1. The van der Waals surface area contributed by atoms with Crippen molar-refractivity contribution in [3.63, 3.8) is 0 Å². The molecule has 0 aliphatic carbocycles. The van der Waals surface area contributed by atoms with Gasteiger partial charge in [0.05, 0.1) is 19.8 Å². The van der Waals surface area contributed by atoms with E-state index in [1.54, 1.807) is 45.2 Å². The molecule has 0 atom stereocenters. The van der Waals surface area contributed by atoms with E-state index < -0.39 is 0 Å². The molecule has 0 radical (unpaired) electrons. The van der Waals surface area contributed by atoms with E-state index in [-0.39, 0.29) is 17.3 Å². The van der Waals surface area contributed by atoms with Gasteiger partial charge in [-0.2, -0.15) is 5.26 Å². The van der Waals surface area contributed by atoms with Crippen molar-refractivity contribution in [3.05, 3.63) is 29.3 Å². The molecule has 0 bridgehead atoms. The summed E-state index contributed by atoms with van der Waals surface area (Å²) in [4.78, 5) is 11.8. The number of rotatable bonds is 5. The zero-order chi connectivity index (χ0) is 14.4. The summed E-state index contributed by atoms with van der Waals surface area (Å²) in [5, 5.41) is 9.04. The topological polar surface area (TPSA) is 59.3 Å². The maximum Gasteiger partial charge on any atom is 0.175 e. The second-order valence-electron chi connectivity index (χ2n) is 4.30. The molecule has 100 valence electrons. The van der Waals surface area contributed by atoms with E-state index in [0.29, 0.717) is 11.5 Å². The standard InChI is InChI=1S/C15H17NO3/c1-10(2)15(17)12(9-16)7-11-5-6-13(18-3)14(8-11)19-4/h5-8,10H,1-4H3/b12-7-. The zero-order valence-corrected chi connectivity index (χ0v) is 11.6. The Labute approximate surface area is 113 Å². The van der Waals surface area contributed by atoms with Crippen molar-refractivity contribution in [1.29, 1.82) is 5.26 Å². The van der Waals surface area contributed by atoms with E-state index in [4.69, 9.17) is 14.7 Å². The van der Waals surface area contributed by atoms with Gasteiger partial charge in [0, 0.05) is 5.92 Å². The fourth-order valence-electron chi connectivity index (χ4n) is 1.58. The predicted octanol–water partition coefficient (Wildman–Crippen LogP) is 2.84. The molecule has 0 spiro atoms. The summed E-state index contributed by atoms with van der Waals surface area (Å²) in [7, 11) is 3.09. The number of nitriles is 1. The summed E-state index contributed by atoms with van der Waals surface area (Å²) in [5.74, 6) is 0.794. The molecule has 0 saturated heterocycles. The molecule has 0 N–H and O–H groups in total. The van der Waals surface area contributed by atoms with Gasteiger partial charge in [0.25, 0.3) is 0 Å². The van der Waals surface area contributed by atoms with Gasteiger partial charge >= 0.3 is 0 Å². The third kappa shape index (κ3) is 3.59. The lowest BCUT2D eigenvalue weighted by molar-refractivity contribution is -0.117. The molecule has 4 heteroatoms. The van der Waals surface area contributed by atoms with Crippen molar-refractivity contribution in [3.8, 4) is 17.6 Å². The minimum atomic E-state index is -0.203. The van der Waals surface area contributed by atoms with E-state index >= 15 is 0 Å². The van der Waals surface area contributed by atoms with Crippen LogP contribution < -0.4 is 9.47 Å². The van der Waals surface area contributed by atoms with Crippen LogP contribution in [0.15, 0.2) is 23.8 Å². The Kier molecular flexibility index (Phi) is 5.13. The van der Waals surface area contributed by atoms with Crippen LogP contribution in [0.2, 0.25) is 0 Å². The Morgan fingerprint density at radius 1 is 1.26 bits per heavy atom. The van der Waals surface area contributed by atoms with Gasteiger partial charge in [-0.05, 0) is 23.8 Å². The van der Waals surface area contributed by atoms with E-state index in [0.717, 1.165) is 5.56 Å². The first kappa shape index (κ1) is 14.8. The van der Waals surface area contributed by atoms with Crippen LogP contribution in [-0.4, -0.2) is 20.0 Å².